The standard InChI is InChI=1S/C59H114N2S/c1-8-12-15-18-21-24-27-30-32-35-38-41-44-47-55(5)49-50-58(52-56(6)48-45-42-39-36-33-31-28-25-22-19-16-13-9-2)53-62-54-59(11-4)61-57(7)60-51-46-43-40-37-34-29-26-23-20-17-14-10-3/h11,58-61H,4-10,12-54H2,1-3H3. The minimum absolute atomic E-state index is 0.238. The van der Waals surface area contributed by atoms with Gasteiger partial charge in [-0.05, 0) is 63.0 Å². The lowest BCUT2D eigenvalue weighted by atomic mass is 9.91. The van der Waals surface area contributed by atoms with Gasteiger partial charge in [0.1, 0.15) is 0 Å². The summed E-state index contributed by atoms with van der Waals surface area (Å²) in [5.41, 5.74) is 2.96. The van der Waals surface area contributed by atoms with E-state index in [4.69, 9.17) is 0 Å². The molecule has 0 radical (unpaired) electrons. The third kappa shape index (κ3) is 46.9. The molecule has 0 aliphatic rings. The smallest absolute Gasteiger partial charge is 0.0917 e. The van der Waals surface area contributed by atoms with Crippen molar-refractivity contribution in [2.75, 3.05) is 18.1 Å². The Balaban J connectivity index is 4.48. The highest BCUT2D eigenvalue weighted by Crippen LogP contribution is 2.27. The molecular weight excluding hydrogens is 769 g/mol. The lowest BCUT2D eigenvalue weighted by molar-refractivity contribution is 0.509. The van der Waals surface area contributed by atoms with Crippen molar-refractivity contribution >= 4 is 11.8 Å². The van der Waals surface area contributed by atoms with Crippen LogP contribution in [0.15, 0.2) is 49.4 Å². The zero-order valence-corrected chi connectivity index (χ0v) is 43.8. The summed E-state index contributed by atoms with van der Waals surface area (Å²) in [6.45, 7) is 25.6. The molecule has 0 aromatic rings. The molecule has 0 spiro atoms. The van der Waals surface area contributed by atoms with Crippen molar-refractivity contribution in [3.63, 3.8) is 0 Å². The molecule has 0 saturated heterocycles. The average molecular weight is 884 g/mol. The molecule has 62 heavy (non-hydrogen) atoms. The number of hydrogen-bond donors (Lipinski definition) is 2. The summed E-state index contributed by atoms with van der Waals surface area (Å²) in [6, 6.07) is 0.238. The molecule has 0 aromatic heterocycles. The number of nitrogens with one attached hydrogen (secondary N) is 2. The molecule has 366 valence electrons. The normalized spacial score (nSPS) is 12.4. The molecule has 3 heteroatoms. The first-order chi connectivity index (χ1) is 30.5. The van der Waals surface area contributed by atoms with E-state index >= 15 is 0 Å². The van der Waals surface area contributed by atoms with Gasteiger partial charge in [0, 0.05) is 12.3 Å². The fourth-order valence-corrected chi connectivity index (χ4v) is 10.3. The second kappa shape index (κ2) is 50.9. The summed E-state index contributed by atoms with van der Waals surface area (Å²) in [6.07, 6.45) is 61.6. The van der Waals surface area contributed by atoms with E-state index in [-0.39, 0.29) is 6.04 Å². The molecule has 0 bridgehead atoms. The summed E-state index contributed by atoms with van der Waals surface area (Å²) in [5, 5.41) is 7.18. The van der Waals surface area contributed by atoms with Gasteiger partial charge < -0.3 is 10.6 Å². The van der Waals surface area contributed by atoms with E-state index in [9.17, 15) is 0 Å². The van der Waals surface area contributed by atoms with Crippen molar-refractivity contribution in [1.29, 1.82) is 0 Å². The SMILES string of the molecule is C=CC(CSCC(CCC(=C)CCCCCCCCCCCCCCC)CC(=C)CCCCCCCCCCCCCCC)NC(=C)NCCCCCCCCCCCCCC. The lowest BCUT2D eigenvalue weighted by Crippen LogP contribution is -2.35. The van der Waals surface area contributed by atoms with Crippen LogP contribution in [-0.4, -0.2) is 24.1 Å². The maximum atomic E-state index is 4.63. The van der Waals surface area contributed by atoms with Gasteiger partial charge in [0.15, 0.2) is 0 Å². The molecular formula is C59H114N2S. The van der Waals surface area contributed by atoms with E-state index in [1.54, 1.807) is 0 Å². The highest BCUT2D eigenvalue weighted by atomic mass is 32.2. The van der Waals surface area contributed by atoms with E-state index in [0.29, 0.717) is 5.92 Å². The van der Waals surface area contributed by atoms with E-state index in [1.165, 1.54) is 293 Å². The first kappa shape index (κ1) is 60.9. The molecule has 0 heterocycles. The molecule has 2 N–H and O–H groups in total. The Morgan fingerprint density at radius 1 is 0.419 bits per heavy atom. The monoisotopic (exact) mass is 883 g/mol. The minimum atomic E-state index is 0.238. The first-order valence-electron chi connectivity index (χ1n) is 28.2. The van der Waals surface area contributed by atoms with E-state index in [1.807, 2.05) is 0 Å². The molecule has 0 saturated carbocycles. The average Bonchev–Trinajstić information content (AvgIpc) is 3.27. The molecule has 0 aliphatic carbocycles. The third-order valence-electron chi connectivity index (χ3n) is 13.4. The van der Waals surface area contributed by atoms with Gasteiger partial charge in [-0.25, -0.2) is 0 Å². The van der Waals surface area contributed by atoms with Crippen LogP contribution in [0, 0.1) is 5.92 Å². The number of allylic oxidation sites excluding steroid dienone is 2. The largest absolute Gasteiger partial charge is 0.372 e. The molecule has 0 fully saturated rings. The predicted molar refractivity (Wildman–Crippen MR) is 289 cm³/mol. The van der Waals surface area contributed by atoms with Crippen molar-refractivity contribution in [2.24, 2.45) is 5.92 Å². The molecule has 0 aromatic carbocycles. The fraction of sp³-hybridized carbons (Fsp3) is 0.864. The van der Waals surface area contributed by atoms with E-state index < -0.39 is 0 Å². The van der Waals surface area contributed by atoms with Gasteiger partial charge in [-0.1, -0.05) is 282 Å². The van der Waals surface area contributed by atoms with Gasteiger partial charge >= 0.3 is 0 Å². The molecule has 0 amide bonds. The summed E-state index contributed by atoms with van der Waals surface area (Å²) in [4.78, 5) is 0. The molecule has 2 nitrogen and oxygen atoms in total. The molecule has 2 atom stereocenters. The maximum absolute atomic E-state index is 4.63. The van der Waals surface area contributed by atoms with Crippen LogP contribution in [0.25, 0.3) is 0 Å². The van der Waals surface area contributed by atoms with Crippen LogP contribution >= 0.6 is 11.8 Å². The van der Waals surface area contributed by atoms with E-state index in [0.717, 1.165) is 18.1 Å². The lowest BCUT2D eigenvalue weighted by Gasteiger charge is -2.22. The van der Waals surface area contributed by atoms with Crippen molar-refractivity contribution in [3.05, 3.63) is 49.4 Å². The van der Waals surface area contributed by atoms with Crippen molar-refractivity contribution in [1.82, 2.24) is 10.6 Å². The summed E-state index contributed by atoms with van der Waals surface area (Å²) >= 11 is 2.09. The number of thioether (sulfide) groups is 1. The van der Waals surface area contributed by atoms with Crippen LogP contribution < -0.4 is 10.6 Å². The maximum Gasteiger partial charge on any atom is 0.0917 e. The van der Waals surface area contributed by atoms with Crippen LogP contribution in [0.2, 0.25) is 0 Å². The van der Waals surface area contributed by atoms with Gasteiger partial charge in [-0.15, -0.1) is 6.58 Å². The summed E-state index contributed by atoms with van der Waals surface area (Å²) < 4.78 is 0. The summed E-state index contributed by atoms with van der Waals surface area (Å²) in [5.74, 6) is 3.85. The number of unbranched alkanes of at least 4 members (excludes halogenated alkanes) is 35. The summed E-state index contributed by atoms with van der Waals surface area (Å²) in [7, 11) is 0. The van der Waals surface area contributed by atoms with Gasteiger partial charge in [0.05, 0.1) is 11.9 Å². The Morgan fingerprint density at radius 3 is 1.13 bits per heavy atom. The zero-order chi connectivity index (χ0) is 45.2. The molecule has 2 unspecified atom stereocenters. The highest BCUT2D eigenvalue weighted by molar-refractivity contribution is 7.99. The number of hydrogen-bond acceptors (Lipinski definition) is 3. The topological polar surface area (TPSA) is 24.1 Å². The van der Waals surface area contributed by atoms with Crippen LogP contribution in [0.4, 0.5) is 0 Å². The fourth-order valence-electron chi connectivity index (χ4n) is 9.08. The molecule has 0 aliphatic heterocycles. The van der Waals surface area contributed by atoms with Gasteiger partial charge in [0.25, 0.3) is 0 Å². The van der Waals surface area contributed by atoms with Gasteiger partial charge in [-0.3, -0.25) is 0 Å². The molecule has 0 rings (SSSR count). The van der Waals surface area contributed by atoms with E-state index in [2.05, 4.69) is 75.6 Å². The Kier molecular flexibility index (Phi) is 50.0. The van der Waals surface area contributed by atoms with Crippen molar-refractivity contribution < 1.29 is 0 Å². The van der Waals surface area contributed by atoms with Crippen molar-refractivity contribution in [2.45, 2.75) is 303 Å². The van der Waals surface area contributed by atoms with Crippen molar-refractivity contribution in [3.8, 4) is 0 Å². The second-order valence-electron chi connectivity index (χ2n) is 19.9. The van der Waals surface area contributed by atoms with Crippen LogP contribution in [0.5, 0.6) is 0 Å². The minimum Gasteiger partial charge on any atom is -0.372 e. The van der Waals surface area contributed by atoms with Crippen LogP contribution in [0.3, 0.4) is 0 Å². The quantitative estimate of drug-likeness (QED) is 0.0470. The zero-order valence-electron chi connectivity index (χ0n) is 43.0. The second-order valence-corrected chi connectivity index (χ2v) is 21.0. The van der Waals surface area contributed by atoms with Gasteiger partial charge in [-0.2, -0.15) is 11.8 Å². The Bertz CT molecular complexity index is 956. The number of rotatable bonds is 54. The van der Waals surface area contributed by atoms with Gasteiger partial charge in [0.2, 0.25) is 0 Å². The Labute approximate surface area is 396 Å². The Hall–Kier alpha value is -1.09. The van der Waals surface area contributed by atoms with Crippen LogP contribution in [0.1, 0.15) is 297 Å². The van der Waals surface area contributed by atoms with Crippen LogP contribution in [-0.2, 0) is 0 Å². The highest BCUT2D eigenvalue weighted by Gasteiger charge is 2.14. The first-order valence-corrected chi connectivity index (χ1v) is 29.3. The Morgan fingerprint density at radius 2 is 0.758 bits per heavy atom. The predicted octanol–water partition coefficient (Wildman–Crippen LogP) is 20.5. The third-order valence-corrected chi connectivity index (χ3v) is 14.7.